The lowest BCUT2D eigenvalue weighted by atomic mass is 10.1. The molecule has 6 aromatic carbocycles. The first-order chi connectivity index (χ1) is 23.3. The molecule has 0 atom stereocenters. The van der Waals surface area contributed by atoms with Crippen molar-refractivity contribution in [3.8, 4) is 11.1 Å². The lowest BCUT2D eigenvalue weighted by Gasteiger charge is -2.23. The zero-order chi connectivity index (χ0) is 33.4. The molecule has 0 aliphatic heterocycles. The number of hydrogen-bond acceptors (Lipinski definition) is 4. The van der Waals surface area contributed by atoms with Crippen molar-refractivity contribution >= 4 is 20.0 Å². The summed E-state index contributed by atoms with van der Waals surface area (Å²) in [6, 6.07) is 51.7. The van der Waals surface area contributed by atoms with Crippen LogP contribution in [0, 0.1) is 0 Å². The highest BCUT2D eigenvalue weighted by molar-refractivity contribution is 7.89. The second-order valence-corrected chi connectivity index (χ2v) is 15.4. The van der Waals surface area contributed by atoms with Crippen LogP contribution in [0.4, 0.5) is 0 Å². The highest BCUT2D eigenvalue weighted by Gasteiger charge is 2.27. The molecule has 0 saturated carbocycles. The Hall–Kier alpha value is -4.86. The van der Waals surface area contributed by atoms with Crippen LogP contribution in [0.1, 0.15) is 22.3 Å². The summed E-state index contributed by atoms with van der Waals surface area (Å²) in [5.41, 5.74) is 5.15. The van der Waals surface area contributed by atoms with Gasteiger partial charge in [0.15, 0.2) is 0 Å². The van der Waals surface area contributed by atoms with E-state index in [1.807, 2.05) is 121 Å². The Morgan fingerprint density at radius 3 is 0.771 bits per heavy atom. The molecular weight excluding hydrogens is 637 g/mol. The number of sulfonamides is 2. The van der Waals surface area contributed by atoms with Gasteiger partial charge in [0, 0.05) is 26.2 Å². The van der Waals surface area contributed by atoms with Gasteiger partial charge in [-0.3, -0.25) is 0 Å². The van der Waals surface area contributed by atoms with Gasteiger partial charge in [-0.2, -0.15) is 8.61 Å². The van der Waals surface area contributed by atoms with Gasteiger partial charge in [-0.05, 0) is 57.6 Å². The van der Waals surface area contributed by atoms with Crippen molar-refractivity contribution in [3.63, 3.8) is 0 Å². The second kappa shape index (κ2) is 14.9. The molecule has 242 valence electrons. The fourth-order valence-corrected chi connectivity index (χ4v) is 8.37. The summed E-state index contributed by atoms with van der Waals surface area (Å²) in [4.78, 5) is 0.379. The van der Waals surface area contributed by atoms with Crippen LogP contribution in [0.5, 0.6) is 0 Å². The summed E-state index contributed by atoms with van der Waals surface area (Å²) >= 11 is 0. The molecule has 0 N–H and O–H groups in total. The highest BCUT2D eigenvalue weighted by Crippen LogP contribution is 2.28. The van der Waals surface area contributed by atoms with Crippen molar-refractivity contribution in [1.29, 1.82) is 0 Å². The summed E-state index contributed by atoms with van der Waals surface area (Å²) in [6.07, 6.45) is 0. The van der Waals surface area contributed by atoms with Gasteiger partial charge in [0.05, 0.1) is 9.79 Å². The zero-order valence-corrected chi connectivity index (χ0v) is 28.0. The van der Waals surface area contributed by atoms with E-state index < -0.39 is 20.0 Å². The molecule has 6 nitrogen and oxygen atoms in total. The summed E-state index contributed by atoms with van der Waals surface area (Å²) in [5, 5.41) is 0. The maximum atomic E-state index is 13.9. The molecule has 6 rings (SSSR count). The quantitative estimate of drug-likeness (QED) is 0.124. The van der Waals surface area contributed by atoms with Crippen LogP contribution in [0.2, 0.25) is 0 Å². The van der Waals surface area contributed by atoms with E-state index in [1.165, 1.54) is 8.61 Å². The van der Waals surface area contributed by atoms with Gasteiger partial charge in [-0.15, -0.1) is 0 Å². The van der Waals surface area contributed by atoms with Crippen LogP contribution in [0.15, 0.2) is 180 Å². The third-order valence-corrected chi connectivity index (χ3v) is 11.7. The first-order valence-corrected chi connectivity index (χ1v) is 18.5. The molecule has 0 spiro atoms. The second-order valence-electron chi connectivity index (χ2n) is 11.5. The smallest absolute Gasteiger partial charge is 0.207 e. The number of rotatable bonds is 13. The maximum absolute atomic E-state index is 13.9. The van der Waals surface area contributed by atoms with Crippen LogP contribution in [0.25, 0.3) is 11.1 Å². The molecule has 0 amide bonds. The average Bonchev–Trinajstić information content (AvgIpc) is 3.13. The normalized spacial score (nSPS) is 12.0. The van der Waals surface area contributed by atoms with Crippen molar-refractivity contribution in [2.24, 2.45) is 0 Å². The molecule has 0 aromatic heterocycles. The van der Waals surface area contributed by atoms with E-state index in [4.69, 9.17) is 0 Å². The predicted molar refractivity (Wildman–Crippen MR) is 191 cm³/mol. The molecule has 0 radical (unpaired) electrons. The fourth-order valence-electron chi connectivity index (χ4n) is 5.54. The van der Waals surface area contributed by atoms with Crippen LogP contribution < -0.4 is 0 Å². The summed E-state index contributed by atoms with van der Waals surface area (Å²) < 4.78 is 58.7. The van der Waals surface area contributed by atoms with Gasteiger partial charge in [0.25, 0.3) is 0 Å². The van der Waals surface area contributed by atoms with Gasteiger partial charge in [-0.1, -0.05) is 146 Å². The van der Waals surface area contributed by atoms with Gasteiger partial charge >= 0.3 is 0 Å². The number of nitrogens with zero attached hydrogens (tertiary/aromatic N) is 2. The van der Waals surface area contributed by atoms with Crippen molar-refractivity contribution in [1.82, 2.24) is 8.61 Å². The third-order valence-electron chi connectivity index (χ3n) is 8.12. The van der Waals surface area contributed by atoms with E-state index >= 15 is 0 Å². The van der Waals surface area contributed by atoms with Crippen LogP contribution in [0.3, 0.4) is 0 Å². The Bertz CT molecular complexity index is 1890. The SMILES string of the molecule is O=S(=O)(c1ccc(-c2ccc(S(=O)(=O)N(Cc3ccccc3)Cc3ccccc3)cc2)cc1)N(Cc1ccccc1)Cc1ccccc1. The topological polar surface area (TPSA) is 74.8 Å². The van der Waals surface area contributed by atoms with Crippen molar-refractivity contribution in [2.45, 2.75) is 36.0 Å². The lowest BCUT2D eigenvalue weighted by Crippen LogP contribution is -2.30. The molecule has 0 bridgehead atoms. The van der Waals surface area contributed by atoms with E-state index in [1.54, 1.807) is 48.5 Å². The van der Waals surface area contributed by atoms with Gasteiger partial charge < -0.3 is 0 Å². The van der Waals surface area contributed by atoms with Gasteiger partial charge in [0.1, 0.15) is 0 Å². The van der Waals surface area contributed by atoms with E-state index in [2.05, 4.69) is 0 Å². The molecule has 6 aromatic rings. The molecule has 0 heterocycles. The number of benzene rings is 6. The monoisotopic (exact) mass is 672 g/mol. The molecule has 0 saturated heterocycles. The molecular formula is C40H36N2O4S2. The van der Waals surface area contributed by atoms with Crippen LogP contribution in [-0.4, -0.2) is 25.4 Å². The summed E-state index contributed by atoms with van der Waals surface area (Å²) in [7, 11) is -7.67. The number of hydrogen-bond donors (Lipinski definition) is 0. The van der Waals surface area contributed by atoms with Gasteiger partial charge in [-0.25, -0.2) is 16.8 Å². The Morgan fingerprint density at radius 2 is 0.542 bits per heavy atom. The van der Waals surface area contributed by atoms with E-state index in [9.17, 15) is 16.8 Å². The van der Waals surface area contributed by atoms with Crippen LogP contribution in [-0.2, 0) is 46.2 Å². The van der Waals surface area contributed by atoms with Crippen molar-refractivity contribution < 1.29 is 16.8 Å². The minimum absolute atomic E-state index is 0.190. The molecule has 0 aliphatic carbocycles. The first-order valence-electron chi connectivity index (χ1n) is 15.7. The maximum Gasteiger partial charge on any atom is 0.243 e. The lowest BCUT2D eigenvalue weighted by molar-refractivity contribution is 0.401. The average molecular weight is 673 g/mol. The fraction of sp³-hybridized carbons (Fsp3) is 0.100. The summed E-state index contributed by atoms with van der Waals surface area (Å²) in [6.45, 7) is 0.950. The van der Waals surface area contributed by atoms with Gasteiger partial charge in [0.2, 0.25) is 20.0 Å². The standard InChI is InChI=1S/C40H36N2O4S2/c43-47(44,41(29-33-13-5-1-6-14-33)30-34-15-7-2-8-16-34)39-25-21-37(22-26-39)38-23-27-40(28-24-38)48(45,46)42(31-35-17-9-3-10-18-35)32-36-19-11-4-12-20-36/h1-28H,29-32H2. The third kappa shape index (κ3) is 7.98. The van der Waals surface area contributed by atoms with Crippen LogP contribution >= 0.6 is 0 Å². The van der Waals surface area contributed by atoms with Crippen molar-refractivity contribution in [3.05, 3.63) is 192 Å². The molecule has 0 unspecified atom stereocenters. The Morgan fingerprint density at radius 1 is 0.312 bits per heavy atom. The Labute approximate surface area is 283 Å². The Balaban J connectivity index is 1.23. The minimum atomic E-state index is -3.84. The zero-order valence-electron chi connectivity index (χ0n) is 26.3. The van der Waals surface area contributed by atoms with E-state index in [0.717, 1.165) is 33.4 Å². The van der Waals surface area contributed by atoms with E-state index in [0.29, 0.717) is 0 Å². The molecule has 0 aliphatic rings. The molecule has 0 fully saturated rings. The van der Waals surface area contributed by atoms with E-state index in [-0.39, 0.29) is 36.0 Å². The molecule has 8 heteroatoms. The Kier molecular flexibility index (Phi) is 10.3. The predicted octanol–water partition coefficient (Wildman–Crippen LogP) is 8.14. The summed E-state index contributed by atoms with van der Waals surface area (Å²) in [5.74, 6) is 0. The van der Waals surface area contributed by atoms with Crippen molar-refractivity contribution in [2.75, 3.05) is 0 Å². The highest BCUT2D eigenvalue weighted by atomic mass is 32.2. The minimum Gasteiger partial charge on any atom is -0.207 e. The first kappa shape index (κ1) is 33.1. The molecule has 48 heavy (non-hydrogen) atoms. The largest absolute Gasteiger partial charge is 0.243 e.